The van der Waals surface area contributed by atoms with E-state index in [2.05, 4.69) is 24.4 Å². The second-order valence-corrected chi connectivity index (χ2v) is 5.70. The number of hydrogen-bond acceptors (Lipinski definition) is 1. The van der Waals surface area contributed by atoms with Gasteiger partial charge in [0, 0.05) is 16.6 Å². The summed E-state index contributed by atoms with van der Waals surface area (Å²) in [6, 6.07) is 13.4. The van der Waals surface area contributed by atoms with E-state index in [9.17, 15) is 4.79 Å². The van der Waals surface area contributed by atoms with Crippen LogP contribution in [-0.4, -0.2) is 5.91 Å². The minimum atomic E-state index is -0.0229. The summed E-state index contributed by atoms with van der Waals surface area (Å²) < 4.78 is 0. The first-order chi connectivity index (χ1) is 10.1. The number of aryl methyl sites for hydroxylation is 1. The Bertz CT molecular complexity index is 623. The lowest BCUT2D eigenvalue weighted by Crippen LogP contribution is -2.24. The van der Waals surface area contributed by atoms with Gasteiger partial charge in [-0.3, -0.25) is 4.79 Å². The lowest BCUT2D eigenvalue weighted by Gasteiger charge is -2.08. The van der Waals surface area contributed by atoms with Gasteiger partial charge in [-0.05, 0) is 35.2 Å². The van der Waals surface area contributed by atoms with E-state index in [1.54, 1.807) is 12.1 Å². The van der Waals surface area contributed by atoms with Crippen LogP contribution in [0.1, 0.15) is 23.6 Å². The monoisotopic (exact) mass is 321 g/mol. The van der Waals surface area contributed by atoms with E-state index in [0.29, 0.717) is 23.0 Å². The Kier molecular flexibility index (Phi) is 5.66. The maximum absolute atomic E-state index is 11.9. The van der Waals surface area contributed by atoms with E-state index in [1.165, 1.54) is 5.56 Å². The smallest absolute Gasteiger partial charge is 0.224 e. The molecule has 110 valence electrons. The van der Waals surface area contributed by atoms with Crippen molar-refractivity contribution in [3.8, 4) is 0 Å². The van der Waals surface area contributed by atoms with Crippen LogP contribution >= 0.6 is 23.2 Å². The van der Waals surface area contributed by atoms with Crippen molar-refractivity contribution >= 4 is 29.1 Å². The largest absolute Gasteiger partial charge is 0.352 e. The second kappa shape index (κ2) is 7.48. The molecule has 0 fully saturated rings. The normalized spacial score (nSPS) is 10.4. The standard InChI is InChI=1S/C17H17Cl2NO/c1-2-12-3-5-13(6-4-12)9-17(21)20-11-14-7-8-15(18)10-16(14)19/h3-8,10H,2,9,11H2,1H3,(H,20,21). The fourth-order valence-electron chi connectivity index (χ4n) is 2.00. The van der Waals surface area contributed by atoms with Crippen LogP contribution in [-0.2, 0) is 24.2 Å². The van der Waals surface area contributed by atoms with Crippen molar-refractivity contribution in [3.63, 3.8) is 0 Å². The van der Waals surface area contributed by atoms with Crippen molar-refractivity contribution in [3.05, 3.63) is 69.2 Å². The third-order valence-electron chi connectivity index (χ3n) is 3.29. The first-order valence-electron chi connectivity index (χ1n) is 6.87. The maximum atomic E-state index is 11.9. The Morgan fingerprint density at radius 3 is 2.33 bits per heavy atom. The molecule has 0 bridgehead atoms. The van der Waals surface area contributed by atoms with Crippen molar-refractivity contribution in [1.82, 2.24) is 5.32 Å². The number of benzene rings is 2. The van der Waals surface area contributed by atoms with Crippen molar-refractivity contribution in [2.45, 2.75) is 26.3 Å². The zero-order valence-corrected chi connectivity index (χ0v) is 13.3. The third kappa shape index (κ3) is 4.76. The SMILES string of the molecule is CCc1ccc(CC(=O)NCc2ccc(Cl)cc2Cl)cc1. The van der Waals surface area contributed by atoms with Gasteiger partial charge in [0.15, 0.2) is 0 Å². The summed E-state index contributed by atoms with van der Waals surface area (Å²) in [5, 5.41) is 4.02. The lowest BCUT2D eigenvalue weighted by molar-refractivity contribution is -0.120. The highest BCUT2D eigenvalue weighted by Gasteiger charge is 2.06. The van der Waals surface area contributed by atoms with E-state index >= 15 is 0 Å². The number of hydrogen-bond donors (Lipinski definition) is 1. The average Bonchev–Trinajstić information content (AvgIpc) is 2.47. The van der Waals surface area contributed by atoms with Crippen LogP contribution < -0.4 is 5.32 Å². The molecule has 0 spiro atoms. The van der Waals surface area contributed by atoms with Gasteiger partial charge < -0.3 is 5.32 Å². The zero-order valence-electron chi connectivity index (χ0n) is 11.8. The van der Waals surface area contributed by atoms with Crippen molar-refractivity contribution in [2.75, 3.05) is 0 Å². The summed E-state index contributed by atoms with van der Waals surface area (Å²) in [7, 11) is 0. The van der Waals surface area contributed by atoms with Gasteiger partial charge in [0.2, 0.25) is 5.91 Å². The molecule has 1 N–H and O–H groups in total. The first kappa shape index (κ1) is 15.9. The van der Waals surface area contributed by atoms with Gasteiger partial charge in [-0.15, -0.1) is 0 Å². The molecule has 21 heavy (non-hydrogen) atoms. The molecular formula is C17H17Cl2NO. The van der Waals surface area contributed by atoms with Crippen LogP contribution in [0.25, 0.3) is 0 Å². The molecule has 0 saturated carbocycles. The number of rotatable bonds is 5. The highest BCUT2D eigenvalue weighted by atomic mass is 35.5. The molecule has 2 aromatic rings. The van der Waals surface area contributed by atoms with Crippen LogP contribution in [0.4, 0.5) is 0 Å². The van der Waals surface area contributed by atoms with Gasteiger partial charge in [-0.1, -0.05) is 60.5 Å². The number of amides is 1. The molecule has 2 rings (SSSR count). The summed E-state index contributed by atoms with van der Waals surface area (Å²) in [5.41, 5.74) is 3.13. The number of carbonyl (C=O) groups excluding carboxylic acids is 1. The molecule has 0 atom stereocenters. The van der Waals surface area contributed by atoms with Gasteiger partial charge in [-0.2, -0.15) is 0 Å². The minimum Gasteiger partial charge on any atom is -0.352 e. The summed E-state index contributed by atoms with van der Waals surface area (Å²) >= 11 is 11.9. The van der Waals surface area contributed by atoms with Crippen LogP contribution in [0.5, 0.6) is 0 Å². The number of carbonyl (C=O) groups is 1. The molecule has 0 aliphatic rings. The topological polar surface area (TPSA) is 29.1 Å². The van der Waals surface area contributed by atoms with Crippen LogP contribution in [0, 0.1) is 0 Å². The molecule has 0 aliphatic heterocycles. The van der Waals surface area contributed by atoms with E-state index in [0.717, 1.165) is 17.5 Å². The predicted molar refractivity (Wildman–Crippen MR) is 87.8 cm³/mol. The molecule has 0 aromatic heterocycles. The Hall–Kier alpha value is -1.51. The molecule has 2 aromatic carbocycles. The quantitative estimate of drug-likeness (QED) is 0.868. The van der Waals surface area contributed by atoms with Crippen LogP contribution in [0.15, 0.2) is 42.5 Å². The van der Waals surface area contributed by atoms with E-state index < -0.39 is 0 Å². The van der Waals surface area contributed by atoms with Crippen LogP contribution in [0.2, 0.25) is 10.0 Å². The van der Waals surface area contributed by atoms with E-state index in [4.69, 9.17) is 23.2 Å². The molecule has 1 amide bonds. The summed E-state index contributed by atoms with van der Waals surface area (Å²) in [5.74, 6) is -0.0229. The molecular weight excluding hydrogens is 305 g/mol. The van der Waals surface area contributed by atoms with Crippen molar-refractivity contribution < 1.29 is 4.79 Å². The lowest BCUT2D eigenvalue weighted by atomic mass is 10.1. The molecule has 0 saturated heterocycles. The maximum Gasteiger partial charge on any atom is 0.224 e. The Morgan fingerprint density at radius 2 is 1.71 bits per heavy atom. The van der Waals surface area contributed by atoms with E-state index in [1.807, 2.05) is 18.2 Å². The van der Waals surface area contributed by atoms with Gasteiger partial charge >= 0.3 is 0 Å². The van der Waals surface area contributed by atoms with Gasteiger partial charge in [0.25, 0.3) is 0 Å². The Balaban J connectivity index is 1.89. The molecule has 0 aliphatic carbocycles. The Labute approximate surface area is 135 Å². The molecule has 4 heteroatoms. The summed E-state index contributed by atoms with van der Waals surface area (Å²) in [6.07, 6.45) is 1.37. The van der Waals surface area contributed by atoms with Gasteiger partial charge in [0.05, 0.1) is 6.42 Å². The molecule has 2 nitrogen and oxygen atoms in total. The zero-order chi connectivity index (χ0) is 15.2. The van der Waals surface area contributed by atoms with Crippen LogP contribution in [0.3, 0.4) is 0 Å². The second-order valence-electron chi connectivity index (χ2n) is 4.86. The summed E-state index contributed by atoms with van der Waals surface area (Å²) in [4.78, 5) is 11.9. The van der Waals surface area contributed by atoms with Gasteiger partial charge in [-0.25, -0.2) is 0 Å². The van der Waals surface area contributed by atoms with Gasteiger partial charge in [0.1, 0.15) is 0 Å². The Morgan fingerprint density at radius 1 is 1.05 bits per heavy atom. The molecule has 0 radical (unpaired) electrons. The summed E-state index contributed by atoms with van der Waals surface area (Å²) in [6.45, 7) is 2.51. The fraction of sp³-hybridized carbons (Fsp3) is 0.235. The first-order valence-corrected chi connectivity index (χ1v) is 7.62. The molecule has 0 heterocycles. The fourth-order valence-corrected chi connectivity index (χ4v) is 2.47. The van der Waals surface area contributed by atoms with Crippen molar-refractivity contribution in [2.24, 2.45) is 0 Å². The molecule has 0 unspecified atom stereocenters. The highest BCUT2D eigenvalue weighted by Crippen LogP contribution is 2.20. The third-order valence-corrected chi connectivity index (χ3v) is 3.87. The number of halogens is 2. The highest BCUT2D eigenvalue weighted by molar-refractivity contribution is 6.35. The average molecular weight is 322 g/mol. The van der Waals surface area contributed by atoms with E-state index in [-0.39, 0.29) is 5.91 Å². The number of nitrogens with one attached hydrogen (secondary N) is 1. The minimum absolute atomic E-state index is 0.0229. The van der Waals surface area contributed by atoms with Crippen molar-refractivity contribution in [1.29, 1.82) is 0 Å². The predicted octanol–water partition coefficient (Wildman–Crippen LogP) is 4.41.